The van der Waals surface area contributed by atoms with Crippen LogP contribution in [0.25, 0.3) is 0 Å². The number of aliphatic carboxylic acids is 1. The van der Waals surface area contributed by atoms with E-state index in [4.69, 9.17) is 0 Å². The van der Waals surface area contributed by atoms with E-state index in [-0.39, 0.29) is 6.42 Å². The first kappa shape index (κ1) is 20.4. The molecule has 124 valence electrons. The molecule has 0 aliphatic rings. The summed E-state index contributed by atoms with van der Waals surface area (Å²) in [6, 6.07) is 0. The molecule has 0 unspecified atom stereocenters. The van der Waals surface area contributed by atoms with E-state index in [1.54, 1.807) is 0 Å². The molecule has 0 atom stereocenters. The van der Waals surface area contributed by atoms with Gasteiger partial charge in [0.15, 0.2) is 0 Å². The number of unbranched alkanes of at least 4 members (excludes halogenated alkanes) is 4. The molecule has 0 heterocycles. The molecule has 0 aromatic rings. The monoisotopic (exact) mass is 303 g/mol. The molecule has 0 amide bonds. The third-order valence-electron chi connectivity index (χ3n) is 3.22. The second-order valence-electron chi connectivity index (χ2n) is 5.33. The average Bonchev–Trinajstić information content (AvgIpc) is 2.50. The largest absolute Gasteiger partial charge is 0.550 e. The predicted octanol–water partition coefficient (Wildman–Crippen LogP) is 4.88. The smallest absolute Gasteiger partial charge is 0.0414 e. The van der Waals surface area contributed by atoms with E-state index in [0.29, 0.717) is 0 Å². The van der Waals surface area contributed by atoms with Crippen LogP contribution in [0, 0.1) is 0 Å². The van der Waals surface area contributed by atoms with Gasteiger partial charge in [0.05, 0.1) is 0 Å². The van der Waals surface area contributed by atoms with Gasteiger partial charge < -0.3 is 9.90 Å². The second-order valence-corrected chi connectivity index (χ2v) is 5.33. The topological polar surface area (TPSA) is 40.1 Å². The Morgan fingerprint density at radius 1 is 0.727 bits per heavy atom. The Hall–Kier alpha value is -1.57. The SMILES string of the molecule is CC/C=C\C/C=C\C/C=C\C/C=C\CCCCCCC(=O)[O-]. The summed E-state index contributed by atoms with van der Waals surface area (Å²) in [7, 11) is 0. The molecule has 0 aliphatic carbocycles. The Balaban J connectivity index is 3.34. The lowest BCUT2D eigenvalue weighted by Crippen LogP contribution is -2.21. The van der Waals surface area contributed by atoms with E-state index in [2.05, 4.69) is 55.5 Å². The Kier molecular flexibility index (Phi) is 16.2. The fraction of sp³-hybridized carbons (Fsp3) is 0.550. The van der Waals surface area contributed by atoms with E-state index >= 15 is 0 Å². The van der Waals surface area contributed by atoms with Gasteiger partial charge in [-0.25, -0.2) is 0 Å². The summed E-state index contributed by atoms with van der Waals surface area (Å²) < 4.78 is 0. The molecular weight excluding hydrogens is 272 g/mol. The fourth-order valence-corrected chi connectivity index (χ4v) is 1.98. The van der Waals surface area contributed by atoms with Gasteiger partial charge in [-0.2, -0.15) is 0 Å². The summed E-state index contributed by atoms with van der Waals surface area (Å²) in [4.78, 5) is 10.2. The zero-order chi connectivity index (χ0) is 16.3. The number of hydrogen-bond donors (Lipinski definition) is 0. The van der Waals surface area contributed by atoms with Crippen LogP contribution in [-0.4, -0.2) is 5.97 Å². The van der Waals surface area contributed by atoms with Gasteiger partial charge >= 0.3 is 0 Å². The normalized spacial score (nSPS) is 12.4. The highest BCUT2D eigenvalue weighted by atomic mass is 16.4. The van der Waals surface area contributed by atoms with Crippen LogP contribution >= 0.6 is 0 Å². The number of rotatable bonds is 14. The third kappa shape index (κ3) is 18.4. The summed E-state index contributed by atoms with van der Waals surface area (Å²) in [5.41, 5.74) is 0. The highest BCUT2D eigenvalue weighted by Crippen LogP contribution is 2.05. The molecule has 0 aromatic heterocycles. The second kappa shape index (κ2) is 17.5. The predicted molar refractivity (Wildman–Crippen MR) is 93.4 cm³/mol. The summed E-state index contributed by atoms with van der Waals surface area (Å²) >= 11 is 0. The van der Waals surface area contributed by atoms with Crippen LogP contribution in [0.5, 0.6) is 0 Å². The number of allylic oxidation sites excluding steroid dienone is 8. The molecule has 0 aromatic carbocycles. The maximum absolute atomic E-state index is 10.2. The van der Waals surface area contributed by atoms with Crippen LogP contribution < -0.4 is 5.11 Å². The number of carbonyl (C=O) groups is 1. The molecule has 0 radical (unpaired) electrons. The Labute approximate surface area is 136 Å². The van der Waals surface area contributed by atoms with Crippen molar-refractivity contribution in [2.24, 2.45) is 0 Å². The molecule has 2 nitrogen and oxygen atoms in total. The molecule has 0 saturated heterocycles. The van der Waals surface area contributed by atoms with Crippen LogP contribution in [0.3, 0.4) is 0 Å². The van der Waals surface area contributed by atoms with Crippen LogP contribution in [0.4, 0.5) is 0 Å². The number of carboxylic acid groups (broad SMARTS) is 1. The van der Waals surface area contributed by atoms with Gasteiger partial charge in [0.25, 0.3) is 0 Å². The Bertz CT molecular complexity index is 362. The summed E-state index contributed by atoms with van der Waals surface area (Å²) in [5.74, 6) is -0.932. The van der Waals surface area contributed by atoms with Crippen LogP contribution in [-0.2, 0) is 4.79 Å². The van der Waals surface area contributed by atoms with Crippen molar-refractivity contribution in [1.29, 1.82) is 0 Å². The van der Waals surface area contributed by atoms with Gasteiger partial charge in [-0.05, 0) is 51.4 Å². The maximum Gasteiger partial charge on any atom is 0.0414 e. The quantitative estimate of drug-likeness (QED) is 0.339. The number of hydrogen-bond acceptors (Lipinski definition) is 2. The van der Waals surface area contributed by atoms with Gasteiger partial charge in [-0.1, -0.05) is 68.4 Å². The first-order valence-electron chi connectivity index (χ1n) is 8.57. The third-order valence-corrected chi connectivity index (χ3v) is 3.22. The van der Waals surface area contributed by atoms with Crippen molar-refractivity contribution in [3.8, 4) is 0 Å². The van der Waals surface area contributed by atoms with Gasteiger partial charge in [0.2, 0.25) is 0 Å². The molecule has 0 aliphatic heterocycles. The van der Waals surface area contributed by atoms with Crippen LogP contribution in [0.2, 0.25) is 0 Å². The number of carboxylic acids is 1. The van der Waals surface area contributed by atoms with E-state index in [9.17, 15) is 9.90 Å². The van der Waals surface area contributed by atoms with Gasteiger partial charge in [0, 0.05) is 5.97 Å². The molecule has 0 saturated carbocycles. The van der Waals surface area contributed by atoms with Crippen molar-refractivity contribution < 1.29 is 9.90 Å². The van der Waals surface area contributed by atoms with Crippen LogP contribution in [0.1, 0.15) is 71.1 Å². The van der Waals surface area contributed by atoms with Gasteiger partial charge in [0.1, 0.15) is 0 Å². The molecule has 0 fully saturated rings. The van der Waals surface area contributed by atoms with Crippen molar-refractivity contribution in [2.45, 2.75) is 71.1 Å². The highest BCUT2D eigenvalue weighted by Gasteiger charge is 1.89. The zero-order valence-corrected chi connectivity index (χ0v) is 14.0. The minimum Gasteiger partial charge on any atom is -0.550 e. The molecule has 0 N–H and O–H groups in total. The van der Waals surface area contributed by atoms with E-state index < -0.39 is 5.97 Å². The maximum atomic E-state index is 10.2. The highest BCUT2D eigenvalue weighted by molar-refractivity contribution is 5.63. The molecule has 22 heavy (non-hydrogen) atoms. The molecular formula is C20H31O2-. The molecule has 0 spiro atoms. The molecule has 0 bridgehead atoms. The van der Waals surface area contributed by atoms with Crippen molar-refractivity contribution in [1.82, 2.24) is 0 Å². The first-order valence-corrected chi connectivity index (χ1v) is 8.57. The Morgan fingerprint density at radius 2 is 1.23 bits per heavy atom. The summed E-state index contributed by atoms with van der Waals surface area (Å²) in [5, 5.41) is 10.2. The van der Waals surface area contributed by atoms with Crippen molar-refractivity contribution in [2.75, 3.05) is 0 Å². The fourth-order valence-electron chi connectivity index (χ4n) is 1.98. The lowest BCUT2D eigenvalue weighted by atomic mass is 10.1. The minimum atomic E-state index is -0.932. The van der Waals surface area contributed by atoms with Gasteiger partial charge in [-0.3, -0.25) is 0 Å². The standard InChI is InChI=1S/C20H32O2/c1-2-3-4-5-6-7-8-9-10-11-12-13-14-15-16-17-18-19-20(21)22/h3-4,6-7,9-10,12-13H,2,5,8,11,14-19H2,1H3,(H,21,22)/p-1/b4-3-,7-6-,10-9-,13-12-. The lowest BCUT2D eigenvalue weighted by molar-refractivity contribution is -0.305. The summed E-state index contributed by atoms with van der Waals surface area (Å²) in [6.45, 7) is 2.15. The number of carbonyl (C=O) groups excluding carboxylic acids is 1. The lowest BCUT2D eigenvalue weighted by Gasteiger charge is -2.00. The van der Waals surface area contributed by atoms with Crippen LogP contribution in [0.15, 0.2) is 48.6 Å². The zero-order valence-electron chi connectivity index (χ0n) is 14.0. The van der Waals surface area contributed by atoms with E-state index in [0.717, 1.165) is 57.8 Å². The first-order chi connectivity index (χ1) is 10.8. The molecule has 2 heteroatoms. The van der Waals surface area contributed by atoms with Gasteiger partial charge in [-0.15, -0.1) is 0 Å². The van der Waals surface area contributed by atoms with Crippen molar-refractivity contribution >= 4 is 5.97 Å². The van der Waals surface area contributed by atoms with E-state index in [1.807, 2.05) is 0 Å². The average molecular weight is 303 g/mol. The Morgan fingerprint density at radius 3 is 1.77 bits per heavy atom. The van der Waals surface area contributed by atoms with Crippen molar-refractivity contribution in [3.63, 3.8) is 0 Å². The minimum absolute atomic E-state index is 0.198. The summed E-state index contributed by atoms with van der Waals surface area (Å²) in [6.07, 6.45) is 27.0. The molecule has 0 rings (SSSR count). The van der Waals surface area contributed by atoms with Crippen molar-refractivity contribution in [3.05, 3.63) is 48.6 Å². The van der Waals surface area contributed by atoms with E-state index in [1.165, 1.54) is 0 Å².